The first-order valence-corrected chi connectivity index (χ1v) is 10.4. The Balaban J connectivity index is 2.16. The van der Waals surface area contributed by atoms with Crippen LogP contribution >= 0.6 is 7.36 Å². The van der Waals surface area contributed by atoms with Crippen LogP contribution in [0.15, 0.2) is 12.2 Å². The summed E-state index contributed by atoms with van der Waals surface area (Å²) in [5.74, 6) is -0.821. The first-order chi connectivity index (χ1) is 12.0. The Bertz CT molecular complexity index is 535. The van der Waals surface area contributed by atoms with Crippen LogP contribution in [-0.2, 0) is 31.0 Å². The third kappa shape index (κ3) is 7.94. The molecule has 25 heavy (non-hydrogen) atoms. The number of nitrogens with one attached hydrogen (secondary N) is 2. The van der Waals surface area contributed by atoms with Crippen molar-refractivity contribution in [1.29, 1.82) is 0 Å². The van der Waals surface area contributed by atoms with Crippen molar-refractivity contribution in [2.75, 3.05) is 25.8 Å². The first-order valence-electron chi connectivity index (χ1n) is 8.35. The van der Waals surface area contributed by atoms with Gasteiger partial charge in [0.15, 0.2) is 5.78 Å². The fourth-order valence-electron chi connectivity index (χ4n) is 2.45. The number of rotatable bonds is 13. The smallest absolute Gasteiger partial charge is 0.253 e. The number of carbonyl (C=O) groups is 4. The van der Waals surface area contributed by atoms with Crippen LogP contribution < -0.4 is 10.6 Å². The van der Waals surface area contributed by atoms with Crippen molar-refractivity contribution < 1.29 is 19.2 Å². The number of carbonyl (C=O) groups excluding carboxylic acids is 4. The molecule has 1 rings (SSSR count). The molecule has 1 heterocycles. The zero-order valence-corrected chi connectivity index (χ0v) is 16.0. The van der Waals surface area contributed by atoms with Gasteiger partial charge in [-0.2, -0.15) is 0 Å². The topological polar surface area (TPSA) is 95.6 Å². The highest BCUT2D eigenvalue weighted by Gasteiger charge is 2.23. The molecule has 1 atom stereocenters. The van der Waals surface area contributed by atoms with Crippen LogP contribution in [-0.4, -0.2) is 60.2 Å². The second-order valence-corrected chi connectivity index (χ2v) is 6.97. The zero-order valence-electron chi connectivity index (χ0n) is 14.3. The number of unbranched alkanes of at least 4 members (excludes halogenated alkanes) is 1. The number of imide groups is 1. The lowest BCUT2D eigenvalue weighted by Gasteiger charge is -2.16. The number of hydrogen-bond donors (Lipinski definition) is 2. The molecule has 1 aliphatic heterocycles. The molecule has 0 fully saturated rings. The minimum Gasteiger partial charge on any atom is -0.356 e. The van der Waals surface area contributed by atoms with Gasteiger partial charge in [0.25, 0.3) is 11.8 Å². The van der Waals surface area contributed by atoms with Crippen molar-refractivity contribution in [3.8, 4) is 0 Å². The first kappa shape index (κ1) is 21.5. The lowest BCUT2D eigenvalue weighted by Crippen LogP contribution is -2.37. The fraction of sp³-hybridized carbons (Fsp3) is 0.625. The van der Waals surface area contributed by atoms with Gasteiger partial charge in [0, 0.05) is 31.7 Å². The summed E-state index contributed by atoms with van der Waals surface area (Å²) in [4.78, 5) is 47.4. The standard InChI is InChI=1S/C16H24N3O4PS/c1-2-17-12(13(20)11-24-25)5-3-4-9-18-14(21)8-10-19-15(22)6-7-16(19)23/h6-7,12,17H,2-5,8-11H2,1H3,(H,18,21). The maximum atomic E-state index is 11.9. The summed E-state index contributed by atoms with van der Waals surface area (Å²) in [6.45, 7) is 3.28. The molecule has 0 aromatic carbocycles. The second kappa shape index (κ2) is 12.0. The average Bonchev–Trinajstić information content (AvgIpc) is 2.90. The minimum absolute atomic E-state index is 0.0911. The molecular formula is C16H24N3O4PS. The van der Waals surface area contributed by atoms with E-state index < -0.39 is 0 Å². The molecular weight excluding hydrogens is 361 g/mol. The van der Waals surface area contributed by atoms with E-state index >= 15 is 0 Å². The average molecular weight is 385 g/mol. The zero-order chi connectivity index (χ0) is 18.7. The Morgan fingerprint density at radius 2 is 1.92 bits per heavy atom. The van der Waals surface area contributed by atoms with Crippen molar-refractivity contribution in [3.05, 3.63) is 12.2 Å². The fourth-order valence-corrected chi connectivity index (χ4v) is 3.18. The molecule has 0 saturated heterocycles. The maximum Gasteiger partial charge on any atom is 0.253 e. The summed E-state index contributed by atoms with van der Waals surface area (Å²) < 4.78 is 0. The van der Waals surface area contributed by atoms with Gasteiger partial charge < -0.3 is 10.6 Å². The molecule has 138 valence electrons. The molecule has 0 aromatic rings. The van der Waals surface area contributed by atoms with Crippen molar-refractivity contribution >= 4 is 42.7 Å². The van der Waals surface area contributed by atoms with E-state index in [1.807, 2.05) is 6.92 Å². The molecule has 1 unspecified atom stereocenters. The van der Waals surface area contributed by atoms with Crippen molar-refractivity contribution in [3.63, 3.8) is 0 Å². The van der Waals surface area contributed by atoms with Gasteiger partial charge in [0.2, 0.25) is 5.91 Å². The van der Waals surface area contributed by atoms with Gasteiger partial charge in [-0.1, -0.05) is 18.7 Å². The van der Waals surface area contributed by atoms with Gasteiger partial charge in [-0.3, -0.25) is 24.1 Å². The summed E-state index contributed by atoms with van der Waals surface area (Å²) in [7, 11) is 0.662. The highest BCUT2D eigenvalue weighted by Crippen LogP contribution is 2.06. The lowest BCUT2D eigenvalue weighted by atomic mass is 10.1. The van der Waals surface area contributed by atoms with E-state index in [0.717, 1.165) is 30.7 Å². The molecule has 0 aromatic heterocycles. The summed E-state index contributed by atoms with van der Waals surface area (Å²) >= 11 is 4.82. The van der Waals surface area contributed by atoms with Crippen LogP contribution in [0.1, 0.15) is 32.6 Å². The van der Waals surface area contributed by atoms with Crippen LogP contribution in [0.5, 0.6) is 0 Å². The molecule has 0 aliphatic carbocycles. The van der Waals surface area contributed by atoms with E-state index in [-0.39, 0.29) is 42.5 Å². The molecule has 0 radical (unpaired) electrons. The highest BCUT2D eigenvalue weighted by molar-refractivity contribution is 7.96. The molecule has 0 bridgehead atoms. The summed E-state index contributed by atoms with van der Waals surface area (Å²) in [5.41, 5.74) is 0. The van der Waals surface area contributed by atoms with E-state index in [2.05, 4.69) is 10.6 Å². The molecule has 9 heteroatoms. The molecule has 1 aliphatic rings. The Hall–Kier alpha value is -1.50. The second-order valence-electron chi connectivity index (χ2n) is 5.62. The van der Waals surface area contributed by atoms with Gasteiger partial charge in [-0.05, 0) is 33.2 Å². The predicted octanol–water partition coefficient (Wildman–Crippen LogP) is 0.543. The summed E-state index contributed by atoms with van der Waals surface area (Å²) in [5, 5.41) is 5.93. The van der Waals surface area contributed by atoms with Crippen molar-refractivity contribution in [2.24, 2.45) is 0 Å². The van der Waals surface area contributed by atoms with E-state index in [1.54, 1.807) is 0 Å². The van der Waals surface area contributed by atoms with Gasteiger partial charge in [-0.25, -0.2) is 0 Å². The SMILES string of the molecule is CCNC(CCCCNC(=O)CCN1C(=O)C=CC1=O)C(=O)CP=S. The van der Waals surface area contributed by atoms with E-state index in [9.17, 15) is 19.2 Å². The molecule has 2 N–H and O–H groups in total. The summed E-state index contributed by atoms with van der Waals surface area (Å²) in [6.07, 6.45) is 5.17. The Morgan fingerprint density at radius 1 is 1.24 bits per heavy atom. The monoisotopic (exact) mass is 385 g/mol. The predicted molar refractivity (Wildman–Crippen MR) is 99.0 cm³/mol. The Labute approximate surface area is 154 Å². The van der Waals surface area contributed by atoms with Gasteiger partial charge in [0.1, 0.15) is 0 Å². The number of ketones is 1. The Kier molecular flexibility index (Phi) is 10.3. The molecule has 3 amide bonds. The van der Waals surface area contributed by atoms with Crippen LogP contribution in [0.2, 0.25) is 0 Å². The molecule has 0 saturated carbocycles. The number of amides is 3. The van der Waals surface area contributed by atoms with Crippen LogP contribution in [0, 0.1) is 0 Å². The minimum atomic E-state index is -0.379. The third-order valence-corrected chi connectivity index (χ3v) is 4.59. The van der Waals surface area contributed by atoms with Crippen LogP contribution in [0.4, 0.5) is 0 Å². The summed E-state index contributed by atoms with van der Waals surface area (Å²) in [6, 6.07) is -0.171. The number of nitrogens with zero attached hydrogens (tertiary/aromatic N) is 1. The van der Waals surface area contributed by atoms with Gasteiger partial charge in [-0.15, -0.1) is 0 Å². The van der Waals surface area contributed by atoms with Crippen LogP contribution in [0.3, 0.4) is 0 Å². The molecule has 7 nitrogen and oxygen atoms in total. The van der Waals surface area contributed by atoms with E-state index in [1.165, 1.54) is 12.2 Å². The quantitative estimate of drug-likeness (QED) is 0.273. The van der Waals surface area contributed by atoms with E-state index in [4.69, 9.17) is 11.8 Å². The highest BCUT2D eigenvalue weighted by atomic mass is 32.4. The molecule has 0 spiro atoms. The number of Topliss-reactive ketones (excluding diaryl/α,β-unsaturated/α-hetero) is 1. The largest absolute Gasteiger partial charge is 0.356 e. The van der Waals surface area contributed by atoms with Gasteiger partial charge in [0.05, 0.1) is 12.2 Å². The van der Waals surface area contributed by atoms with Crippen molar-refractivity contribution in [1.82, 2.24) is 15.5 Å². The van der Waals surface area contributed by atoms with E-state index in [0.29, 0.717) is 20.1 Å². The number of hydrogen-bond acceptors (Lipinski definition) is 6. The lowest BCUT2D eigenvalue weighted by molar-refractivity contribution is -0.137. The van der Waals surface area contributed by atoms with Gasteiger partial charge >= 0.3 is 0 Å². The normalized spacial score (nSPS) is 15.0. The van der Waals surface area contributed by atoms with Crippen molar-refractivity contribution in [2.45, 2.75) is 38.6 Å². The van der Waals surface area contributed by atoms with Crippen LogP contribution in [0.25, 0.3) is 0 Å². The maximum absolute atomic E-state index is 11.9. The third-order valence-electron chi connectivity index (χ3n) is 3.76. The number of likely N-dealkylation sites (N-methyl/N-ethyl adjacent to an activating group) is 1. The Morgan fingerprint density at radius 3 is 2.52 bits per heavy atom.